The van der Waals surface area contributed by atoms with E-state index in [2.05, 4.69) is 0 Å². The highest BCUT2D eigenvalue weighted by atomic mass is 35.5. The number of halogens is 2. The molecule has 17 heavy (non-hydrogen) atoms. The summed E-state index contributed by atoms with van der Waals surface area (Å²) in [5, 5.41) is 1.13. The second kappa shape index (κ2) is 6.39. The topological polar surface area (TPSA) is 43.1 Å². The molecule has 0 aromatic heterocycles. The molecule has 0 spiro atoms. The molecule has 1 rings (SSSR count). The molecular weight excluding hydrogens is 257 g/mol. The van der Waals surface area contributed by atoms with Crippen LogP contribution < -0.4 is 5.73 Å². The number of rotatable bonds is 5. The first kappa shape index (κ1) is 14.5. The molecule has 4 heteroatoms. The summed E-state index contributed by atoms with van der Waals surface area (Å²) in [7, 11) is 0. The van der Waals surface area contributed by atoms with Crippen molar-refractivity contribution in [2.24, 2.45) is 11.7 Å². The predicted octanol–water partition coefficient (Wildman–Crippen LogP) is 3.48. The van der Waals surface area contributed by atoms with Crippen molar-refractivity contribution in [3.63, 3.8) is 0 Å². The maximum Gasteiger partial charge on any atom is 0.154 e. The minimum Gasteiger partial charge on any atom is -0.321 e. The quantitative estimate of drug-likeness (QED) is 0.893. The van der Waals surface area contributed by atoms with E-state index >= 15 is 0 Å². The zero-order valence-electron chi connectivity index (χ0n) is 10.0. The molecule has 1 aromatic rings. The molecular formula is C13H17Cl2NO. The van der Waals surface area contributed by atoms with Gasteiger partial charge >= 0.3 is 0 Å². The van der Waals surface area contributed by atoms with E-state index < -0.39 is 6.04 Å². The van der Waals surface area contributed by atoms with Gasteiger partial charge < -0.3 is 5.73 Å². The summed E-state index contributed by atoms with van der Waals surface area (Å²) in [6, 6.07) is 4.67. The second-order valence-corrected chi connectivity index (χ2v) is 5.13. The van der Waals surface area contributed by atoms with E-state index in [1.54, 1.807) is 18.2 Å². The fourth-order valence-electron chi connectivity index (χ4n) is 1.56. The van der Waals surface area contributed by atoms with E-state index in [0.29, 0.717) is 10.0 Å². The van der Waals surface area contributed by atoms with Crippen molar-refractivity contribution in [3.05, 3.63) is 33.8 Å². The van der Waals surface area contributed by atoms with Gasteiger partial charge in [-0.1, -0.05) is 43.5 Å². The van der Waals surface area contributed by atoms with Crippen LogP contribution in [0.4, 0.5) is 0 Å². The zero-order valence-corrected chi connectivity index (χ0v) is 11.6. The van der Waals surface area contributed by atoms with E-state index in [0.717, 1.165) is 12.0 Å². The smallest absolute Gasteiger partial charge is 0.154 e. The number of hydrogen-bond acceptors (Lipinski definition) is 2. The third-order valence-electron chi connectivity index (χ3n) is 3.00. The van der Waals surface area contributed by atoms with E-state index in [-0.39, 0.29) is 18.1 Å². The number of Topliss-reactive ketones (excluding diaryl/α,β-unsaturated/α-hetero) is 1. The van der Waals surface area contributed by atoms with Crippen LogP contribution in [0.15, 0.2) is 18.2 Å². The summed E-state index contributed by atoms with van der Waals surface area (Å²) < 4.78 is 0. The Balaban J connectivity index is 2.77. The summed E-state index contributed by atoms with van der Waals surface area (Å²) in [6.45, 7) is 3.99. The molecule has 2 nitrogen and oxygen atoms in total. The van der Waals surface area contributed by atoms with Gasteiger partial charge in [0.15, 0.2) is 5.78 Å². The Morgan fingerprint density at radius 1 is 1.41 bits per heavy atom. The van der Waals surface area contributed by atoms with Crippen molar-refractivity contribution in [1.82, 2.24) is 0 Å². The second-order valence-electron chi connectivity index (χ2n) is 4.29. The van der Waals surface area contributed by atoms with Gasteiger partial charge in [0.25, 0.3) is 0 Å². The normalized spacial score (nSPS) is 14.4. The summed E-state index contributed by atoms with van der Waals surface area (Å²) in [5.74, 6) is 0.184. The minimum absolute atomic E-state index is 0.00326. The largest absolute Gasteiger partial charge is 0.321 e. The van der Waals surface area contributed by atoms with E-state index in [1.165, 1.54) is 0 Å². The lowest BCUT2D eigenvalue weighted by Gasteiger charge is -2.17. The molecule has 0 bridgehead atoms. The average Bonchev–Trinajstić information content (AvgIpc) is 2.31. The van der Waals surface area contributed by atoms with Crippen LogP contribution in [0.25, 0.3) is 0 Å². The van der Waals surface area contributed by atoms with Gasteiger partial charge in [-0.05, 0) is 29.7 Å². The summed E-state index contributed by atoms with van der Waals surface area (Å²) in [6.07, 6.45) is 1.13. The van der Waals surface area contributed by atoms with Crippen molar-refractivity contribution in [1.29, 1.82) is 0 Å². The molecule has 0 saturated carbocycles. The van der Waals surface area contributed by atoms with Gasteiger partial charge in [0, 0.05) is 16.5 Å². The predicted molar refractivity (Wildman–Crippen MR) is 72.6 cm³/mol. The fraction of sp³-hybridized carbons (Fsp3) is 0.462. The SMILES string of the molecule is CCC(C)C(N)C(=O)Cc1cc(Cl)ccc1Cl. The highest BCUT2D eigenvalue weighted by molar-refractivity contribution is 6.33. The highest BCUT2D eigenvalue weighted by Gasteiger charge is 2.20. The van der Waals surface area contributed by atoms with E-state index in [4.69, 9.17) is 28.9 Å². The molecule has 1 aromatic carbocycles. The number of carbonyl (C=O) groups excluding carboxylic acids is 1. The van der Waals surface area contributed by atoms with E-state index in [9.17, 15) is 4.79 Å². The van der Waals surface area contributed by atoms with Gasteiger partial charge in [-0.2, -0.15) is 0 Å². The molecule has 0 saturated heterocycles. The van der Waals surface area contributed by atoms with Crippen molar-refractivity contribution in [3.8, 4) is 0 Å². The Morgan fingerprint density at radius 2 is 2.06 bits per heavy atom. The maximum absolute atomic E-state index is 11.9. The Labute approximate surface area is 112 Å². The lowest BCUT2D eigenvalue weighted by molar-refractivity contribution is -0.120. The molecule has 94 valence electrons. The van der Waals surface area contributed by atoms with Crippen molar-refractivity contribution in [2.45, 2.75) is 32.7 Å². The minimum atomic E-state index is -0.435. The number of benzene rings is 1. The Kier molecular flexibility index (Phi) is 5.44. The molecule has 0 fully saturated rings. The lowest BCUT2D eigenvalue weighted by atomic mass is 9.93. The molecule has 2 unspecified atom stereocenters. The van der Waals surface area contributed by atoms with Gasteiger partial charge in [-0.25, -0.2) is 0 Å². The first-order valence-corrected chi connectivity index (χ1v) is 6.43. The molecule has 0 radical (unpaired) electrons. The Hall–Kier alpha value is -0.570. The molecule has 0 amide bonds. The van der Waals surface area contributed by atoms with E-state index in [1.807, 2.05) is 13.8 Å². The van der Waals surface area contributed by atoms with Crippen LogP contribution in [-0.4, -0.2) is 11.8 Å². The Bertz CT molecular complexity index is 406. The summed E-state index contributed by atoms with van der Waals surface area (Å²) in [4.78, 5) is 11.9. The monoisotopic (exact) mass is 273 g/mol. The third kappa shape index (κ3) is 3.98. The first-order valence-electron chi connectivity index (χ1n) is 5.68. The van der Waals surface area contributed by atoms with Crippen LogP contribution in [-0.2, 0) is 11.2 Å². The van der Waals surface area contributed by atoms with Crippen LogP contribution in [0.3, 0.4) is 0 Å². The standard InChI is InChI=1S/C13H17Cl2NO/c1-3-8(2)13(16)12(17)7-9-6-10(14)4-5-11(9)15/h4-6,8,13H,3,7,16H2,1-2H3. The summed E-state index contributed by atoms with van der Waals surface area (Å²) in [5.41, 5.74) is 6.62. The zero-order chi connectivity index (χ0) is 13.0. The number of nitrogens with two attached hydrogens (primary N) is 1. The Morgan fingerprint density at radius 3 is 2.65 bits per heavy atom. The number of carbonyl (C=O) groups is 1. The van der Waals surface area contributed by atoms with Crippen LogP contribution >= 0.6 is 23.2 Å². The molecule has 0 aliphatic heterocycles. The van der Waals surface area contributed by atoms with Gasteiger partial charge in [0.2, 0.25) is 0 Å². The summed E-state index contributed by atoms with van der Waals surface area (Å²) >= 11 is 11.9. The van der Waals surface area contributed by atoms with Gasteiger partial charge in [0.1, 0.15) is 0 Å². The van der Waals surface area contributed by atoms with Crippen molar-refractivity contribution in [2.75, 3.05) is 0 Å². The van der Waals surface area contributed by atoms with Crippen LogP contribution in [0.1, 0.15) is 25.8 Å². The van der Waals surface area contributed by atoms with Crippen molar-refractivity contribution < 1.29 is 4.79 Å². The first-order chi connectivity index (χ1) is 7.95. The molecule has 0 aliphatic carbocycles. The third-order valence-corrected chi connectivity index (χ3v) is 3.61. The van der Waals surface area contributed by atoms with Crippen molar-refractivity contribution >= 4 is 29.0 Å². The van der Waals surface area contributed by atoms with Gasteiger partial charge in [-0.15, -0.1) is 0 Å². The number of ketones is 1. The van der Waals surface area contributed by atoms with Crippen LogP contribution in [0.2, 0.25) is 10.0 Å². The average molecular weight is 274 g/mol. The molecule has 2 N–H and O–H groups in total. The van der Waals surface area contributed by atoms with Gasteiger partial charge in [-0.3, -0.25) is 4.79 Å². The molecule has 0 heterocycles. The van der Waals surface area contributed by atoms with Crippen LogP contribution in [0, 0.1) is 5.92 Å². The highest BCUT2D eigenvalue weighted by Crippen LogP contribution is 2.22. The van der Waals surface area contributed by atoms with Crippen LogP contribution in [0.5, 0.6) is 0 Å². The maximum atomic E-state index is 11.9. The lowest BCUT2D eigenvalue weighted by Crippen LogP contribution is -2.37. The number of hydrogen-bond donors (Lipinski definition) is 1. The molecule has 2 atom stereocenters. The van der Waals surface area contributed by atoms with Gasteiger partial charge in [0.05, 0.1) is 6.04 Å². The molecule has 0 aliphatic rings. The fourth-order valence-corrected chi connectivity index (χ4v) is 1.93.